The first kappa shape index (κ1) is 23.2. The van der Waals surface area contributed by atoms with E-state index in [2.05, 4.69) is 51.8 Å². The lowest BCUT2D eigenvalue weighted by Gasteiger charge is -2.40. The molecule has 2 aromatic carbocycles. The van der Waals surface area contributed by atoms with E-state index >= 15 is 0 Å². The van der Waals surface area contributed by atoms with E-state index in [0.717, 1.165) is 33.9 Å². The summed E-state index contributed by atoms with van der Waals surface area (Å²) in [5.74, 6) is -0.378. The number of amides is 1. The first-order valence-corrected chi connectivity index (χ1v) is 12.6. The molecule has 0 radical (unpaired) electrons. The van der Waals surface area contributed by atoms with Gasteiger partial charge in [0.2, 0.25) is 5.88 Å². The van der Waals surface area contributed by atoms with Crippen molar-refractivity contribution in [3.63, 3.8) is 0 Å². The molecule has 1 N–H and O–H groups in total. The van der Waals surface area contributed by atoms with E-state index in [0.29, 0.717) is 34.8 Å². The molecule has 2 bridgehead atoms. The van der Waals surface area contributed by atoms with Crippen LogP contribution in [0.2, 0.25) is 0 Å². The largest absolute Gasteiger partial charge is 0.493 e. The van der Waals surface area contributed by atoms with Gasteiger partial charge in [0.15, 0.2) is 5.69 Å². The first-order valence-electron chi connectivity index (χ1n) is 11.8. The van der Waals surface area contributed by atoms with Gasteiger partial charge in [0.25, 0.3) is 5.91 Å². The zero-order valence-corrected chi connectivity index (χ0v) is 21.8. The average molecular weight is 523 g/mol. The van der Waals surface area contributed by atoms with Crippen molar-refractivity contribution in [3.8, 4) is 5.88 Å². The second-order valence-electron chi connectivity index (χ2n) is 11.2. The Hall–Kier alpha value is -2.51. The third-order valence-electron chi connectivity index (χ3n) is 7.43. The molecule has 1 aliphatic carbocycles. The lowest BCUT2D eigenvalue weighted by Crippen LogP contribution is -2.35. The summed E-state index contributed by atoms with van der Waals surface area (Å²) in [5, 5.41) is 20.3. The summed E-state index contributed by atoms with van der Waals surface area (Å²) in [7, 11) is 0. The molecule has 5 rings (SSSR count). The monoisotopic (exact) mass is 522 g/mol. The number of aromatic nitrogens is 1. The Balaban J connectivity index is 1.50. The number of rotatable bonds is 4. The molecule has 178 valence electrons. The van der Waals surface area contributed by atoms with Crippen LogP contribution in [-0.4, -0.2) is 33.1 Å². The minimum absolute atomic E-state index is 0.0419. The fourth-order valence-electron chi connectivity index (χ4n) is 6.42. The number of halogens is 1. The van der Waals surface area contributed by atoms with Gasteiger partial charge in [0.1, 0.15) is 0 Å². The van der Waals surface area contributed by atoms with Crippen molar-refractivity contribution in [1.29, 1.82) is 0 Å². The number of aromatic hydroxyl groups is 1. The first-order chi connectivity index (χ1) is 16.1. The van der Waals surface area contributed by atoms with Crippen LogP contribution in [0.25, 0.3) is 10.9 Å². The van der Waals surface area contributed by atoms with Crippen LogP contribution < -0.4 is 0 Å². The highest BCUT2D eigenvalue weighted by molar-refractivity contribution is 9.10. The van der Waals surface area contributed by atoms with Gasteiger partial charge < -0.3 is 5.11 Å². The molecule has 1 amide bonds. The number of nitrogens with zero attached hydrogens (tertiary/aromatic N) is 4. The molecule has 2 aliphatic rings. The van der Waals surface area contributed by atoms with E-state index in [-0.39, 0.29) is 5.88 Å². The number of carbonyl (C=O) groups is 1. The number of hydrogen-bond acceptors (Lipinski definition) is 4. The quantitative estimate of drug-likeness (QED) is 0.368. The highest BCUT2D eigenvalue weighted by atomic mass is 79.9. The minimum Gasteiger partial charge on any atom is -0.493 e. The van der Waals surface area contributed by atoms with E-state index in [1.165, 1.54) is 12.8 Å². The number of likely N-dealkylation sites (tertiary alicyclic amines) is 1. The van der Waals surface area contributed by atoms with Crippen molar-refractivity contribution in [2.24, 2.45) is 21.1 Å². The van der Waals surface area contributed by atoms with Crippen LogP contribution in [0.1, 0.15) is 56.0 Å². The molecule has 6 nitrogen and oxygen atoms in total. The van der Waals surface area contributed by atoms with E-state index in [4.69, 9.17) is 0 Å². The Morgan fingerprint density at radius 2 is 1.94 bits per heavy atom. The lowest BCUT2D eigenvalue weighted by atomic mass is 9.65. The van der Waals surface area contributed by atoms with E-state index < -0.39 is 5.91 Å². The van der Waals surface area contributed by atoms with E-state index in [9.17, 15) is 9.90 Å². The third-order valence-corrected chi connectivity index (χ3v) is 7.93. The predicted octanol–water partition coefficient (Wildman–Crippen LogP) is 7.20. The molecule has 0 unspecified atom stereocenters. The van der Waals surface area contributed by atoms with E-state index in [1.54, 1.807) is 6.07 Å². The number of azo groups is 1. The van der Waals surface area contributed by atoms with E-state index in [1.807, 2.05) is 47.9 Å². The molecule has 0 spiro atoms. The van der Waals surface area contributed by atoms with Gasteiger partial charge in [0.05, 0.1) is 12.2 Å². The summed E-state index contributed by atoms with van der Waals surface area (Å²) in [4.78, 5) is 15.2. The molecule has 1 aliphatic heterocycles. The lowest BCUT2D eigenvalue weighted by molar-refractivity contribution is 0.0994. The van der Waals surface area contributed by atoms with Gasteiger partial charge in [-0.2, -0.15) is 0 Å². The van der Waals surface area contributed by atoms with Gasteiger partial charge in [-0.05, 0) is 66.8 Å². The summed E-state index contributed by atoms with van der Waals surface area (Å²) in [6, 6.07) is 13.7. The predicted molar refractivity (Wildman–Crippen MR) is 138 cm³/mol. The molecular formula is C27H31BrN4O2. The zero-order valence-electron chi connectivity index (χ0n) is 20.2. The van der Waals surface area contributed by atoms with Gasteiger partial charge in [-0.1, -0.05) is 54.9 Å². The van der Waals surface area contributed by atoms with Crippen LogP contribution in [0, 0.1) is 17.8 Å². The van der Waals surface area contributed by atoms with Crippen LogP contribution in [0.5, 0.6) is 5.88 Å². The van der Waals surface area contributed by atoms with Crippen LogP contribution in [0.3, 0.4) is 0 Å². The SMILES string of the molecule is Cc1ccccc1C(=O)N=Nc1c(O)n(CN2C[C@@]3(C)C[C@@H]2CC(C)(C)C3)c2ccc(Br)cc12. The number of fused-ring (bicyclic) bond motifs is 3. The van der Waals surface area contributed by atoms with Crippen LogP contribution in [0.4, 0.5) is 5.69 Å². The van der Waals surface area contributed by atoms with Crippen molar-refractivity contribution in [2.75, 3.05) is 6.54 Å². The van der Waals surface area contributed by atoms with Gasteiger partial charge in [-0.3, -0.25) is 14.3 Å². The van der Waals surface area contributed by atoms with Crippen molar-refractivity contribution in [1.82, 2.24) is 9.47 Å². The standard InChI is InChI=1S/C27H31BrN4O2/c1-17-7-5-6-8-20(17)24(33)30-29-23-21-11-18(28)9-10-22(21)32(25(23)34)16-31-15-27(4)13-19(31)12-26(2,3)14-27/h5-11,19,34H,12-16H2,1-4H3/t19-,27-/m0/s1. The Morgan fingerprint density at radius 1 is 1.18 bits per heavy atom. The van der Waals surface area contributed by atoms with Crippen LogP contribution in [-0.2, 0) is 6.67 Å². The molecule has 34 heavy (non-hydrogen) atoms. The number of hydrogen-bond donors (Lipinski definition) is 1. The van der Waals surface area contributed by atoms with Gasteiger partial charge >= 0.3 is 0 Å². The van der Waals surface area contributed by atoms with Crippen LogP contribution >= 0.6 is 15.9 Å². The molecule has 1 aromatic heterocycles. The highest BCUT2D eigenvalue weighted by Gasteiger charge is 2.49. The highest BCUT2D eigenvalue weighted by Crippen LogP contribution is 2.53. The van der Waals surface area contributed by atoms with Gasteiger partial charge in [0, 0.05) is 28.0 Å². The second kappa shape index (κ2) is 8.31. The average Bonchev–Trinajstić information content (AvgIpc) is 3.14. The molecule has 1 saturated heterocycles. The van der Waals surface area contributed by atoms with Crippen LogP contribution in [0.15, 0.2) is 57.2 Å². The number of benzene rings is 2. The summed E-state index contributed by atoms with van der Waals surface area (Å²) in [6.07, 6.45) is 3.57. The molecule has 2 fully saturated rings. The number of carbonyl (C=O) groups excluding carboxylic acids is 1. The molecule has 1 saturated carbocycles. The Kier molecular flexibility index (Phi) is 5.68. The number of aryl methyl sites for hydroxylation is 1. The molecule has 2 heterocycles. The smallest absolute Gasteiger partial charge is 0.295 e. The summed E-state index contributed by atoms with van der Waals surface area (Å²) >= 11 is 3.53. The van der Waals surface area contributed by atoms with Crippen molar-refractivity contribution in [2.45, 2.75) is 59.7 Å². The summed E-state index contributed by atoms with van der Waals surface area (Å²) in [6.45, 7) is 10.6. The van der Waals surface area contributed by atoms with Gasteiger partial charge in [-0.15, -0.1) is 10.2 Å². The molecular weight excluding hydrogens is 492 g/mol. The fourth-order valence-corrected chi connectivity index (χ4v) is 6.78. The Labute approximate surface area is 208 Å². The third kappa shape index (κ3) is 4.20. The Bertz CT molecular complexity index is 1310. The summed E-state index contributed by atoms with van der Waals surface area (Å²) in [5.41, 5.74) is 3.19. The second-order valence-corrected chi connectivity index (χ2v) is 12.1. The molecule has 3 aromatic rings. The topological polar surface area (TPSA) is 70.2 Å². The molecule has 7 heteroatoms. The zero-order chi connectivity index (χ0) is 24.3. The maximum Gasteiger partial charge on any atom is 0.295 e. The van der Waals surface area contributed by atoms with Crippen molar-refractivity contribution < 1.29 is 9.90 Å². The van der Waals surface area contributed by atoms with Gasteiger partial charge in [-0.25, -0.2) is 0 Å². The van der Waals surface area contributed by atoms with Crippen molar-refractivity contribution in [3.05, 3.63) is 58.1 Å². The molecule has 2 atom stereocenters. The normalized spacial score (nSPS) is 24.3. The summed E-state index contributed by atoms with van der Waals surface area (Å²) < 4.78 is 2.79. The maximum atomic E-state index is 12.7. The Morgan fingerprint density at radius 3 is 2.71 bits per heavy atom. The fraction of sp³-hybridized carbons (Fsp3) is 0.444. The maximum absolute atomic E-state index is 12.7. The minimum atomic E-state index is -0.420. The van der Waals surface area contributed by atoms with Crippen molar-refractivity contribution >= 4 is 38.4 Å².